The van der Waals surface area contributed by atoms with E-state index in [0.717, 1.165) is 18.2 Å². The van der Waals surface area contributed by atoms with Gasteiger partial charge < -0.3 is 9.84 Å². The van der Waals surface area contributed by atoms with Crippen molar-refractivity contribution in [3.05, 3.63) is 83.8 Å². The lowest BCUT2D eigenvalue weighted by atomic mass is 10.1. The number of carboxylic acid groups (broad SMARTS) is 1. The predicted octanol–water partition coefficient (Wildman–Crippen LogP) is 4.21. The Hall–Kier alpha value is -3.21. The maximum Gasteiger partial charge on any atom is 0.338 e. The number of para-hydroxylation sites is 1. The van der Waals surface area contributed by atoms with E-state index in [1.54, 1.807) is 18.2 Å². The molecule has 1 aromatic heterocycles. The minimum absolute atomic E-state index is 0.356. The summed E-state index contributed by atoms with van der Waals surface area (Å²) in [6.07, 6.45) is 1.66. The van der Waals surface area contributed by atoms with Crippen LogP contribution >= 0.6 is 0 Å². The van der Waals surface area contributed by atoms with E-state index in [1.807, 2.05) is 36.4 Å². The summed E-state index contributed by atoms with van der Waals surface area (Å²) in [5.41, 5.74) is 1.73. The van der Waals surface area contributed by atoms with Crippen LogP contribution in [-0.2, 0) is 6.42 Å². The van der Waals surface area contributed by atoms with Crippen molar-refractivity contribution < 1.29 is 19.0 Å². The van der Waals surface area contributed by atoms with Gasteiger partial charge in [0.2, 0.25) is 0 Å². The van der Waals surface area contributed by atoms with Crippen LogP contribution in [0.1, 0.15) is 15.9 Å². The minimum atomic E-state index is -1.33. The van der Waals surface area contributed by atoms with Gasteiger partial charge in [0.15, 0.2) is 5.82 Å². The molecule has 0 fully saturated rings. The van der Waals surface area contributed by atoms with Gasteiger partial charge in [-0.25, -0.2) is 9.18 Å². The molecular formula is C20H16FNO3. The zero-order valence-electron chi connectivity index (χ0n) is 13.4. The number of halogens is 1. The summed E-state index contributed by atoms with van der Waals surface area (Å²) >= 11 is 0. The Bertz CT molecular complexity index is 881. The van der Waals surface area contributed by atoms with E-state index in [9.17, 15) is 9.18 Å². The third-order valence-corrected chi connectivity index (χ3v) is 3.74. The van der Waals surface area contributed by atoms with Crippen LogP contribution in [0.2, 0.25) is 0 Å². The Morgan fingerprint density at radius 1 is 1.08 bits per heavy atom. The molecule has 2 aromatic carbocycles. The highest BCUT2D eigenvalue weighted by Gasteiger charge is 2.15. The van der Waals surface area contributed by atoms with Gasteiger partial charge in [0.05, 0.1) is 24.1 Å². The number of benzene rings is 2. The van der Waals surface area contributed by atoms with E-state index in [-0.39, 0.29) is 0 Å². The fourth-order valence-electron chi connectivity index (χ4n) is 2.48. The fraction of sp³-hybridized carbons (Fsp3) is 0.100. The molecule has 4 nitrogen and oxygen atoms in total. The molecule has 0 spiro atoms. The third kappa shape index (κ3) is 4.01. The van der Waals surface area contributed by atoms with Gasteiger partial charge in [-0.05, 0) is 23.8 Å². The van der Waals surface area contributed by atoms with E-state index >= 15 is 0 Å². The largest absolute Gasteiger partial charge is 0.493 e. The number of hydrogen-bond acceptors (Lipinski definition) is 3. The zero-order valence-corrected chi connectivity index (χ0v) is 13.4. The lowest BCUT2D eigenvalue weighted by Gasteiger charge is -2.12. The number of pyridine rings is 1. The summed E-state index contributed by atoms with van der Waals surface area (Å²) in [5, 5.41) is 9.07. The second-order valence-electron chi connectivity index (χ2n) is 5.43. The normalized spacial score (nSPS) is 10.4. The van der Waals surface area contributed by atoms with Crippen molar-refractivity contribution in [2.75, 3.05) is 6.61 Å². The molecule has 0 aliphatic heterocycles. The van der Waals surface area contributed by atoms with Gasteiger partial charge in [-0.15, -0.1) is 0 Å². The summed E-state index contributed by atoms with van der Waals surface area (Å²) in [7, 11) is 0. The summed E-state index contributed by atoms with van der Waals surface area (Å²) in [4.78, 5) is 15.1. The molecule has 3 aromatic rings. The Kier molecular flexibility index (Phi) is 5.04. The lowest BCUT2D eigenvalue weighted by Crippen LogP contribution is -2.04. The number of aromatic nitrogens is 1. The van der Waals surface area contributed by atoms with Gasteiger partial charge in [0.1, 0.15) is 5.75 Å². The van der Waals surface area contributed by atoms with E-state index in [4.69, 9.17) is 9.84 Å². The van der Waals surface area contributed by atoms with Crippen molar-refractivity contribution in [1.82, 2.24) is 4.98 Å². The van der Waals surface area contributed by atoms with Crippen LogP contribution in [0.5, 0.6) is 5.75 Å². The van der Waals surface area contributed by atoms with Crippen molar-refractivity contribution in [2.24, 2.45) is 0 Å². The molecule has 3 rings (SSSR count). The molecule has 0 bridgehead atoms. The molecule has 0 unspecified atom stereocenters. The number of nitrogens with zero attached hydrogens (tertiary/aromatic N) is 1. The first kappa shape index (κ1) is 16.6. The molecule has 0 saturated carbocycles. The van der Waals surface area contributed by atoms with Crippen LogP contribution in [0.4, 0.5) is 4.39 Å². The number of hydrogen-bond donors (Lipinski definition) is 1. The fourth-order valence-corrected chi connectivity index (χ4v) is 2.48. The molecular weight excluding hydrogens is 321 g/mol. The Morgan fingerprint density at radius 3 is 2.56 bits per heavy atom. The summed E-state index contributed by atoms with van der Waals surface area (Å²) in [6, 6.07) is 18.3. The molecule has 0 aliphatic rings. The highest BCUT2D eigenvalue weighted by atomic mass is 19.1. The van der Waals surface area contributed by atoms with E-state index in [2.05, 4.69) is 4.98 Å². The predicted molar refractivity (Wildman–Crippen MR) is 92.2 cm³/mol. The number of carboxylic acids is 1. The maximum absolute atomic E-state index is 13.6. The van der Waals surface area contributed by atoms with Gasteiger partial charge in [-0.2, -0.15) is 0 Å². The molecule has 0 amide bonds. The average Bonchev–Trinajstić information content (AvgIpc) is 2.63. The van der Waals surface area contributed by atoms with Crippen molar-refractivity contribution in [3.8, 4) is 17.0 Å². The third-order valence-electron chi connectivity index (χ3n) is 3.74. The highest BCUT2D eigenvalue weighted by Crippen LogP contribution is 2.29. The second kappa shape index (κ2) is 7.57. The quantitative estimate of drug-likeness (QED) is 0.732. The molecule has 25 heavy (non-hydrogen) atoms. The van der Waals surface area contributed by atoms with Crippen LogP contribution in [-0.4, -0.2) is 22.7 Å². The van der Waals surface area contributed by atoms with Crippen molar-refractivity contribution in [3.63, 3.8) is 0 Å². The number of aromatic carboxylic acids is 1. The van der Waals surface area contributed by atoms with Crippen molar-refractivity contribution in [1.29, 1.82) is 0 Å². The van der Waals surface area contributed by atoms with Crippen molar-refractivity contribution >= 4 is 5.97 Å². The second-order valence-corrected chi connectivity index (χ2v) is 5.43. The van der Waals surface area contributed by atoms with Crippen LogP contribution < -0.4 is 4.74 Å². The number of ether oxygens (including phenoxy) is 1. The smallest absolute Gasteiger partial charge is 0.338 e. The molecule has 0 saturated heterocycles. The molecule has 126 valence electrons. The van der Waals surface area contributed by atoms with Crippen molar-refractivity contribution in [2.45, 2.75) is 6.42 Å². The molecule has 1 heterocycles. The Balaban J connectivity index is 1.81. The van der Waals surface area contributed by atoms with Gasteiger partial charge in [0.25, 0.3) is 0 Å². The summed E-state index contributed by atoms with van der Waals surface area (Å²) in [5.74, 6) is -1.61. The van der Waals surface area contributed by atoms with Gasteiger partial charge in [-0.1, -0.05) is 42.5 Å². The Labute approximate surface area is 144 Å². The summed E-state index contributed by atoms with van der Waals surface area (Å²) in [6.45, 7) is 0.466. The van der Waals surface area contributed by atoms with E-state index < -0.39 is 17.3 Å². The topological polar surface area (TPSA) is 59.4 Å². The van der Waals surface area contributed by atoms with Gasteiger partial charge in [0, 0.05) is 12.0 Å². The maximum atomic E-state index is 13.6. The van der Waals surface area contributed by atoms with Crippen LogP contribution in [0.25, 0.3) is 11.3 Å². The van der Waals surface area contributed by atoms with Crippen LogP contribution in [0.15, 0.2) is 66.9 Å². The monoisotopic (exact) mass is 337 g/mol. The molecule has 0 aliphatic carbocycles. The van der Waals surface area contributed by atoms with Crippen LogP contribution in [0, 0.1) is 5.82 Å². The van der Waals surface area contributed by atoms with E-state index in [1.165, 1.54) is 6.07 Å². The van der Waals surface area contributed by atoms with Gasteiger partial charge in [-0.3, -0.25) is 4.98 Å². The first-order valence-corrected chi connectivity index (χ1v) is 7.80. The van der Waals surface area contributed by atoms with E-state index in [0.29, 0.717) is 23.6 Å². The standard InChI is InChI=1S/C20H16FNO3/c21-17-13-22-18(12-16(17)20(23)24)15-8-4-5-9-19(15)25-11-10-14-6-2-1-3-7-14/h1-9,12-13H,10-11H2,(H,23,24). The number of rotatable bonds is 6. The molecule has 0 radical (unpaired) electrons. The number of carbonyl (C=O) groups is 1. The first-order chi connectivity index (χ1) is 12.1. The minimum Gasteiger partial charge on any atom is -0.493 e. The summed E-state index contributed by atoms with van der Waals surface area (Å²) < 4.78 is 19.4. The highest BCUT2D eigenvalue weighted by molar-refractivity contribution is 5.89. The Morgan fingerprint density at radius 2 is 1.80 bits per heavy atom. The first-order valence-electron chi connectivity index (χ1n) is 7.80. The SMILES string of the molecule is O=C(O)c1cc(-c2ccccc2OCCc2ccccc2)ncc1F. The lowest BCUT2D eigenvalue weighted by molar-refractivity contribution is 0.0691. The molecule has 5 heteroatoms. The molecule has 0 atom stereocenters. The van der Waals surface area contributed by atoms with Gasteiger partial charge >= 0.3 is 5.97 Å². The average molecular weight is 337 g/mol. The molecule has 1 N–H and O–H groups in total. The van der Waals surface area contributed by atoms with Crippen LogP contribution in [0.3, 0.4) is 0 Å². The zero-order chi connectivity index (χ0) is 17.6.